The van der Waals surface area contributed by atoms with Crippen LogP contribution in [0.3, 0.4) is 0 Å². The highest BCUT2D eigenvalue weighted by molar-refractivity contribution is 7.71. The van der Waals surface area contributed by atoms with E-state index in [2.05, 4.69) is 26.7 Å². The van der Waals surface area contributed by atoms with Crippen molar-refractivity contribution >= 4 is 23.8 Å². The molecule has 0 unspecified atom stereocenters. The minimum absolute atomic E-state index is 0.458. The van der Waals surface area contributed by atoms with Crippen LogP contribution in [0.4, 0.5) is 0 Å². The molecule has 2 aromatic carbocycles. The van der Waals surface area contributed by atoms with Crippen LogP contribution < -0.4 is 0 Å². The zero-order valence-corrected chi connectivity index (χ0v) is 15.4. The molecule has 1 N–H and O–H groups in total. The molecule has 9 heteroatoms. The van der Waals surface area contributed by atoms with Crippen LogP contribution in [0.25, 0.3) is 17.1 Å². The number of rotatable bonds is 4. The lowest BCUT2D eigenvalue weighted by atomic mass is 10.1. The Morgan fingerprint density at radius 1 is 1.15 bits per heavy atom. The zero-order valence-electron chi connectivity index (χ0n) is 13.9. The predicted octanol–water partition coefficient (Wildman–Crippen LogP) is 3.76. The summed E-state index contributed by atoms with van der Waals surface area (Å²) in [6.07, 6.45) is 1.76. The van der Waals surface area contributed by atoms with Crippen molar-refractivity contribution in [3.05, 3.63) is 75.5 Å². The third-order valence-electron chi connectivity index (χ3n) is 4.05. The van der Waals surface area contributed by atoms with E-state index in [-0.39, 0.29) is 0 Å². The minimum atomic E-state index is 0.458. The van der Waals surface area contributed by atoms with Gasteiger partial charge in [0.15, 0.2) is 5.82 Å². The fourth-order valence-electron chi connectivity index (χ4n) is 2.70. The van der Waals surface area contributed by atoms with Gasteiger partial charge in [-0.05, 0) is 40.3 Å². The van der Waals surface area contributed by atoms with Crippen molar-refractivity contribution < 1.29 is 0 Å². The van der Waals surface area contributed by atoms with Gasteiger partial charge in [0.25, 0.3) is 0 Å². The predicted molar refractivity (Wildman–Crippen MR) is 103 cm³/mol. The van der Waals surface area contributed by atoms with E-state index in [1.165, 1.54) is 0 Å². The second-order valence-corrected chi connectivity index (χ2v) is 6.54. The number of para-hydroxylation sites is 1. The molecule has 0 fully saturated rings. The van der Waals surface area contributed by atoms with Gasteiger partial charge in [-0.2, -0.15) is 5.26 Å². The van der Waals surface area contributed by atoms with E-state index in [0.717, 1.165) is 11.3 Å². The number of nitrogens with zero attached hydrogens (tertiary/aromatic N) is 6. The van der Waals surface area contributed by atoms with Crippen molar-refractivity contribution in [3.8, 4) is 23.1 Å². The first kappa shape index (κ1) is 17.1. The van der Waals surface area contributed by atoms with Gasteiger partial charge in [-0.1, -0.05) is 48.1 Å². The lowest BCUT2D eigenvalue weighted by Crippen LogP contribution is -2.04. The lowest BCUT2D eigenvalue weighted by molar-refractivity contribution is 0.653. The molecule has 132 valence electrons. The molecule has 0 aliphatic rings. The van der Waals surface area contributed by atoms with Crippen LogP contribution >= 0.6 is 23.8 Å². The molecular formula is C18H12ClN7S. The molecule has 0 radical (unpaired) electrons. The minimum Gasteiger partial charge on any atom is -0.299 e. The van der Waals surface area contributed by atoms with E-state index < -0.39 is 0 Å². The van der Waals surface area contributed by atoms with E-state index in [1.54, 1.807) is 33.8 Å². The van der Waals surface area contributed by atoms with Crippen LogP contribution in [-0.4, -0.2) is 30.0 Å². The quantitative estimate of drug-likeness (QED) is 0.533. The molecule has 0 saturated carbocycles. The highest BCUT2D eigenvalue weighted by Crippen LogP contribution is 2.24. The molecule has 0 amide bonds. The van der Waals surface area contributed by atoms with Crippen molar-refractivity contribution in [3.63, 3.8) is 0 Å². The number of tetrazole rings is 1. The Hall–Kier alpha value is -3.28. The van der Waals surface area contributed by atoms with Gasteiger partial charge in [-0.25, -0.2) is 9.36 Å². The summed E-state index contributed by atoms with van der Waals surface area (Å²) in [5.41, 5.74) is 3.03. The number of nitrogens with one attached hydrogen (secondary N) is 1. The van der Waals surface area contributed by atoms with Gasteiger partial charge in [0.1, 0.15) is 4.64 Å². The van der Waals surface area contributed by atoms with Crippen molar-refractivity contribution in [1.82, 2.24) is 30.0 Å². The van der Waals surface area contributed by atoms with E-state index in [4.69, 9.17) is 29.1 Å². The summed E-state index contributed by atoms with van der Waals surface area (Å²) in [4.78, 5) is 0. The first-order valence-corrected chi connectivity index (χ1v) is 8.77. The molecule has 2 heterocycles. The van der Waals surface area contributed by atoms with Gasteiger partial charge in [-0.3, -0.25) is 5.10 Å². The monoisotopic (exact) mass is 393 g/mol. The van der Waals surface area contributed by atoms with Gasteiger partial charge < -0.3 is 0 Å². The van der Waals surface area contributed by atoms with Gasteiger partial charge in [0, 0.05) is 6.20 Å². The van der Waals surface area contributed by atoms with Crippen LogP contribution in [0.5, 0.6) is 0 Å². The molecular weight excluding hydrogens is 382 g/mol. The highest BCUT2D eigenvalue weighted by atomic mass is 35.5. The number of halogens is 1. The molecule has 4 aromatic rings. The molecule has 0 bridgehead atoms. The molecule has 2 aromatic heterocycles. The first-order valence-electron chi connectivity index (χ1n) is 7.98. The van der Waals surface area contributed by atoms with E-state index in [1.807, 2.05) is 30.3 Å². The van der Waals surface area contributed by atoms with E-state index >= 15 is 0 Å². The Morgan fingerprint density at radius 3 is 2.67 bits per heavy atom. The summed E-state index contributed by atoms with van der Waals surface area (Å²) < 4.78 is 3.91. The number of H-pyrrole nitrogens is 1. The summed E-state index contributed by atoms with van der Waals surface area (Å²) in [6, 6.07) is 16.8. The molecule has 0 aliphatic carbocycles. The van der Waals surface area contributed by atoms with Crippen molar-refractivity contribution in [2.24, 2.45) is 0 Å². The molecule has 0 aliphatic heterocycles. The fourth-order valence-corrected chi connectivity index (χ4v) is 3.23. The summed E-state index contributed by atoms with van der Waals surface area (Å²) in [6.45, 7) is 0.458. The van der Waals surface area contributed by atoms with Gasteiger partial charge in [-0.15, -0.1) is 5.10 Å². The summed E-state index contributed by atoms with van der Waals surface area (Å²) in [7, 11) is 0. The number of nitriles is 1. The van der Waals surface area contributed by atoms with Gasteiger partial charge in [0.05, 0.1) is 34.5 Å². The second kappa shape index (κ2) is 7.15. The second-order valence-electron chi connectivity index (χ2n) is 5.75. The van der Waals surface area contributed by atoms with Crippen LogP contribution in [0.2, 0.25) is 5.02 Å². The summed E-state index contributed by atoms with van der Waals surface area (Å²) >= 11 is 11.9. The van der Waals surface area contributed by atoms with Gasteiger partial charge >= 0.3 is 0 Å². The Bertz CT molecular complexity index is 1200. The summed E-state index contributed by atoms with van der Waals surface area (Å²) in [5, 5.41) is 24.6. The normalized spacial score (nSPS) is 10.7. The number of hydrogen-bond acceptors (Lipinski definition) is 5. The fraction of sp³-hybridized carbons (Fsp3) is 0.0556. The lowest BCUT2D eigenvalue weighted by Gasteiger charge is -2.05. The first-order chi connectivity index (χ1) is 13.2. The topological polar surface area (TPSA) is 88.1 Å². The largest absolute Gasteiger partial charge is 0.299 e. The molecule has 0 atom stereocenters. The third-order valence-corrected chi connectivity index (χ3v) is 4.78. The maximum atomic E-state index is 8.91. The SMILES string of the molecule is N#Cc1ccc(Cn2nnnc2-c2c[nH]n(-c3ccccc3Cl)c2=S)cc1. The Kier molecular flexibility index (Phi) is 4.54. The number of benzene rings is 2. The zero-order chi connectivity index (χ0) is 18.8. The maximum absolute atomic E-state index is 8.91. The van der Waals surface area contributed by atoms with E-state index in [0.29, 0.717) is 33.2 Å². The Morgan fingerprint density at radius 2 is 1.93 bits per heavy atom. The van der Waals surface area contributed by atoms with Crippen LogP contribution in [-0.2, 0) is 6.54 Å². The Balaban J connectivity index is 1.70. The van der Waals surface area contributed by atoms with Crippen molar-refractivity contribution in [1.29, 1.82) is 5.26 Å². The average Bonchev–Trinajstić information content (AvgIpc) is 3.29. The van der Waals surface area contributed by atoms with Crippen molar-refractivity contribution in [2.45, 2.75) is 6.54 Å². The molecule has 7 nitrogen and oxygen atoms in total. The molecule has 0 spiro atoms. The van der Waals surface area contributed by atoms with Crippen LogP contribution in [0.15, 0.2) is 54.7 Å². The van der Waals surface area contributed by atoms with Crippen LogP contribution in [0.1, 0.15) is 11.1 Å². The molecule has 27 heavy (non-hydrogen) atoms. The van der Waals surface area contributed by atoms with Gasteiger partial charge in [0.2, 0.25) is 0 Å². The standard InChI is InChI=1S/C18H12ClN7S/c19-15-3-1-2-4-16(15)26-18(27)14(10-21-26)17-22-23-24-25(17)11-13-7-5-12(9-20)6-8-13/h1-8,10,21H,11H2. The maximum Gasteiger partial charge on any atom is 0.186 e. The smallest absolute Gasteiger partial charge is 0.186 e. The highest BCUT2D eigenvalue weighted by Gasteiger charge is 2.15. The average molecular weight is 394 g/mol. The van der Waals surface area contributed by atoms with Crippen LogP contribution in [0, 0.1) is 16.0 Å². The van der Waals surface area contributed by atoms with Crippen molar-refractivity contribution in [2.75, 3.05) is 0 Å². The third kappa shape index (κ3) is 3.26. The number of hydrogen-bond donors (Lipinski definition) is 1. The van der Waals surface area contributed by atoms with E-state index in [9.17, 15) is 0 Å². The number of aromatic nitrogens is 6. The Labute approximate surface area is 164 Å². The summed E-state index contributed by atoms with van der Waals surface area (Å²) in [5.74, 6) is 0.548. The molecule has 4 rings (SSSR count). The molecule has 0 saturated heterocycles. The number of aromatic amines is 1.